The molecular weight excluding hydrogens is 361 g/mol. The highest BCUT2D eigenvalue weighted by molar-refractivity contribution is 9.10. The Morgan fingerprint density at radius 3 is 2.85 bits per heavy atom. The number of alkyl halides is 1. The molecule has 0 N–H and O–H groups in total. The van der Waals surface area contributed by atoms with Crippen LogP contribution in [0.5, 0.6) is 0 Å². The lowest BCUT2D eigenvalue weighted by Gasteiger charge is -2.10. The Morgan fingerprint density at radius 1 is 1.30 bits per heavy atom. The summed E-state index contributed by atoms with van der Waals surface area (Å²) in [5.74, 6) is 1.04. The summed E-state index contributed by atoms with van der Waals surface area (Å²) < 4.78 is 2.74. The fraction of sp³-hybridized carbons (Fsp3) is 0.143. The highest BCUT2D eigenvalue weighted by Crippen LogP contribution is 2.32. The molecule has 0 amide bonds. The van der Waals surface area contributed by atoms with Crippen molar-refractivity contribution in [1.82, 2.24) is 14.5 Å². The van der Waals surface area contributed by atoms with Gasteiger partial charge in [0.25, 0.3) is 0 Å². The van der Waals surface area contributed by atoms with E-state index in [1.54, 1.807) is 6.20 Å². The summed E-state index contributed by atoms with van der Waals surface area (Å²) in [5.41, 5.74) is 3.59. The van der Waals surface area contributed by atoms with Crippen LogP contribution in [0.3, 0.4) is 0 Å². The predicted octanol–water partition coefficient (Wildman–Crippen LogP) is 4.88. The molecule has 2 aromatic heterocycles. The Labute approximate surface area is 134 Å². The number of halogens is 3. The van der Waals surface area contributed by atoms with Crippen LogP contribution in [0.4, 0.5) is 0 Å². The number of nitrogens with zero attached hydrogens (tertiary/aromatic N) is 3. The lowest BCUT2D eigenvalue weighted by atomic mass is 10.2. The van der Waals surface area contributed by atoms with Gasteiger partial charge >= 0.3 is 0 Å². The number of hydrogen-bond acceptors (Lipinski definition) is 2. The maximum atomic E-state index is 6.17. The van der Waals surface area contributed by atoms with Crippen LogP contribution in [0.25, 0.3) is 16.9 Å². The third-order valence-electron chi connectivity index (χ3n) is 3.11. The van der Waals surface area contributed by atoms with Gasteiger partial charge in [-0.15, -0.1) is 11.6 Å². The molecule has 0 saturated carbocycles. The lowest BCUT2D eigenvalue weighted by molar-refractivity contribution is 0.965. The molecule has 0 saturated heterocycles. The molecule has 0 unspecified atom stereocenters. The molecule has 0 atom stereocenters. The summed E-state index contributed by atoms with van der Waals surface area (Å²) in [7, 11) is 0. The summed E-state index contributed by atoms with van der Waals surface area (Å²) in [6.45, 7) is 2.01. The molecule has 0 bridgehead atoms. The summed E-state index contributed by atoms with van der Waals surface area (Å²) in [4.78, 5) is 9.02. The fourth-order valence-electron chi connectivity index (χ4n) is 2.15. The van der Waals surface area contributed by atoms with Crippen molar-refractivity contribution in [3.05, 3.63) is 51.3 Å². The summed E-state index contributed by atoms with van der Waals surface area (Å²) in [6.07, 6.45) is 1.77. The van der Waals surface area contributed by atoms with E-state index in [0.29, 0.717) is 10.9 Å². The minimum Gasteiger partial charge on any atom is -0.278 e. The molecule has 0 aliphatic carbocycles. The van der Waals surface area contributed by atoms with E-state index in [1.165, 1.54) is 0 Å². The van der Waals surface area contributed by atoms with Crippen molar-refractivity contribution in [2.75, 3.05) is 0 Å². The number of pyridine rings is 1. The van der Waals surface area contributed by atoms with Crippen LogP contribution in [0.1, 0.15) is 11.4 Å². The van der Waals surface area contributed by atoms with Crippen molar-refractivity contribution in [2.45, 2.75) is 12.8 Å². The van der Waals surface area contributed by atoms with Gasteiger partial charge in [0.15, 0.2) is 5.65 Å². The Hall–Kier alpha value is -1.10. The number of hydrogen-bond donors (Lipinski definition) is 0. The van der Waals surface area contributed by atoms with Crippen molar-refractivity contribution >= 4 is 50.3 Å². The van der Waals surface area contributed by atoms with Gasteiger partial charge < -0.3 is 0 Å². The van der Waals surface area contributed by atoms with E-state index in [9.17, 15) is 0 Å². The minimum absolute atomic E-state index is 0.300. The minimum atomic E-state index is 0.300. The van der Waals surface area contributed by atoms with E-state index in [2.05, 4.69) is 25.9 Å². The zero-order valence-electron chi connectivity index (χ0n) is 10.6. The first-order valence-corrected chi connectivity index (χ1v) is 7.67. The highest BCUT2D eigenvalue weighted by Gasteiger charge is 2.17. The topological polar surface area (TPSA) is 30.7 Å². The molecule has 0 aliphatic heterocycles. The average molecular weight is 371 g/mol. The number of imidazole rings is 1. The number of benzene rings is 1. The van der Waals surface area contributed by atoms with Crippen molar-refractivity contribution < 1.29 is 0 Å². The monoisotopic (exact) mass is 369 g/mol. The molecule has 2 heterocycles. The van der Waals surface area contributed by atoms with E-state index in [0.717, 1.165) is 32.7 Å². The molecule has 1 aromatic carbocycles. The second-order valence-electron chi connectivity index (χ2n) is 4.37. The second-order valence-corrected chi connectivity index (χ2v) is 5.84. The number of aryl methyl sites for hydroxylation is 1. The maximum absolute atomic E-state index is 6.17. The first-order chi connectivity index (χ1) is 9.63. The lowest BCUT2D eigenvalue weighted by Crippen LogP contribution is -2.01. The molecule has 0 aliphatic rings. The van der Waals surface area contributed by atoms with Gasteiger partial charge in [-0.2, -0.15) is 0 Å². The summed E-state index contributed by atoms with van der Waals surface area (Å²) >= 11 is 15.7. The molecule has 20 heavy (non-hydrogen) atoms. The Bertz CT molecular complexity index is 798. The van der Waals surface area contributed by atoms with Crippen LogP contribution >= 0.6 is 39.1 Å². The molecule has 6 heteroatoms. The first-order valence-electron chi connectivity index (χ1n) is 5.96. The predicted molar refractivity (Wildman–Crippen MR) is 85.9 cm³/mol. The summed E-state index contributed by atoms with van der Waals surface area (Å²) in [6, 6.07) is 7.61. The van der Waals surface area contributed by atoms with Crippen LogP contribution in [-0.2, 0) is 5.88 Å². The Kier molecular flexibility index (Phi) is 3.71. The molecule has 3 rings (SSSR count). The smallest absolute Gasteiger partial charge is 0.165 e. The maximum Gasteiger partial charge on any atom is 0.165 e. The van der Waals surface area contributed by atoms with Gasteiger partial charge in [0.1, 0.15) is 11.3 Å². The fourth-order valence-corrected chi connectivity index (χ4v) is 2.94. The van der Waals surface area contributed by atoms with Gasteiger partial charge in [-0.1, -0.05) is 17.7 Å². The van der Waals surface area contributed by atoms with Crippen LogP contribution < -0.4 is 0 Å². The van der Waals surface area contributed by atoms with Crippen LogP contribution in [-0.4, -0.2) is 14.5 Å². The standard InChI is InChI=1S/C14H10BrCl2N3/c1-8-5-6-18-14-13(8)19-11(7-16)20(14)10-4-2-3-9(17)12(10)15/h2-6H,7H2,1H3. The zero-order valence-corrected chi connectivity index (χ0v) is 13.7. The number of fused-ring (bicyclic) bond motifs is 1. The third-order valence-corrected chi connectivity index (χ3v) is 4.72. The van der Waals surface area contributed by atoms with Gasteiger partial charge in [0, 0.05) is 6.20 Å². The van der Waals surface area contributed by atoms with Crippen LogP contribution in [0.15, 0.2) is 34.9 Å². The van der Waals surface area contributed by atoms with Gasteiger partial charge in [0.05, 0.1) is 21.1 Å². The zero-order chi connectivity index (χ0) is 14.3. The Balaban J connectivity index is 2.41. The molecule has 0 radical (unpaired) electrons. The van der Waals surface area contributed by atoms with E-state index < -0.39 is 0 Å². The van der Waals surface area contributed by atoms with Gasteiger partial charge in [-0.05, 0) is 46.6 Å². The summed E-state index contributed by atoms with van der Waals surface area (Å²) in [5, 5.41) is 0.637. The largest absolute Gasteiger partial charge is 0.278 e. The normalized spacial score (nSPS) is 11.2. The van der Waals surface area contributed by atoms with Crippen molar-refractivity contribution in [1.29, 1.82) is 0 Å². The SMILES string of the molecule is Cc1ccnc2c1nc(CCl)n2-c1cccc(Cl)c1Br. The van der Waals surface area contributed by atoms with Crippen molar-refractivity contribution in [2.24, 2.45) is 0 Å². The van der Waals surface area contributed by atoms with Crippen LogP contribution in [0.2, 0.25) is 5.02 Å². The van der Waals surface area contributed by atoms with Crippen molar-refractivity contribution in [3.8, 4) is 5.69 Å². The molecule has 0 fully saturated rings. The van der Waals surface area contributed by atoms with Gasteiger partial charge in [-0.3, -0.25) is 4.57 Å². The van der Waals surface area contributed by atoms with E-state index in [-0.39, 0.29) is 0 Å². The molecule has 3 aromatic rings. The molecule has 3 nitrogen and oxygen atoms in total. The number of aromatic nitrogens is 3. The van der Waals surface area contributed by atoms with Gasteiger partial charge in [-0.25, -0.2) is 9.97 Å². The Morgan fingerprint density at radius 2 is 2.10 bits per heavy atom. The quantitative estimate of drug-likeness (QED) is 0.601. The molecule has 102 valence electrons. The van der Waals surface area contributed by atoms with E-state index >= 15 is 0 Å². The highest BCUT2D eigenvalue weighted by atomic mass is 79.9. The van der Waals surface area contributed by atoms with E-state index in [1.807, 2.05) is 35.8 Å². The first kappa shape index (κ1) is 13.9. The van der Waals surface area contributed by atoms with Gasteiger partial charge in [0.2, 0.25) is 0 Å². The molecule has 0 spiro atoms. The van der Waals surface area contributed by atoms with Crippen LogP contribution in [0, 0.1) is 6.92 Å². The van der Waals surface area contributed by atoms with E-state index in [4.69, 9.17) is 23.2 Å². The molecular formula is C14H10BrCl2N3. The number of rotatable bonds is 2. The average Bonchev–Trinajstić information content (AvgIpc) is 2.82. The third kappa shape index (κ3) is 2.12. The second kappa shape index (κ2) is 5.35. The van der Waals surface area contributed by atoms with Crippen molar-refractivity contribution in [3.63, 3.8) is 0 Å².